The fourth-order valence-corrected chi connectivity index (χ4v) is 1.74. The standard InChI is InChI=1S/C12H12N4O4/c1-7-2-3-8(4-11(7)16(19)20)10-5-9(14-15-10)6-13-12(17)18/h2-5,13H,6H2,1H3,(H,14,15)(H,17,18). The maximum atomic E-state index is 10.9. The molecule has 2 aromatic rings. The molecule has 0 radical (unpaired) electrons. The first-order valence-corrected chi connectivity index (χ1v) is 5.74. The van der Waals surface area contributed by atoms with Crippen LogP contribution in [0.1, 0.15) is 11.3 Å². The molecule has 8 nitrogen and oxygen atoms in total. The third-order valence-electron chi connectivity index (χ3n) is 2.76. The van der Waals surface area contributed by atoms with Gasteiger partial charge in [0.05, 0.1) is 22.9 Å². The van der Waals surface area contributed by atoms with E-state index in [9.17, 15) is 14.9 Å². The average molecular weight is 276 g/mol. The summed E-state index contributed by atoms with van der Waals surface area (Å²) in [4.78, 5) is 20.8. The van der Waals surface area contributed by atoms with Gasteiger partial charge in [-0.15, -0.1) is 0 Å². The van der Waals surface area contributed by atoms with Crippen LogP contribution in [-0.4, -0.2) is 26.3 Å². The summed E-state index contributed by atoms with van der Waals surface area (Å²) < 4.78 is 0. The number of nitrogens with one attached hydrogen (secondary N) is 2. The number of aryl methyl sites for hydroxylation is 1. The van der Waals surface area contributed by atoms with Crippen molar-refractivity contribution < 1.29 is 14.8 Å². The lowest BCUT2D eigenvalue weighted by molar-refractivity contribution is -0.385. The van der Waals surface area contributed by atoms with E-state index in [1.54, 1.807) is 25.1 Å². The van der Waals surface area contributed by atoms with Gasteiger partial charge >= 0.3 is 6.09 Å². The minimum absolute atomic E-state index is 0.0238. The molecule has 1 aromatic heterocycles. The fourth-order valence-electron chi connectivity index (χ4n) is 1.74. The molecule has 0 aliphatic heterocycles. The fraction of sp³-hybridized carbons (Fsp3) is 0.167. The molecule has 0 saturated heterocycles. The highest BCUT2D eigenvalue weighted by atomic mass is 16.6. The van der Waals surface area contributed by atoms with Crippen molar-refractivity contribution in [2.45, 2.75) is 13.5 Å². The first-order chi connectivity index (χ1) is 9.47. The zero-order chi connectivity index (χ0) is 14.7. The van der Waals surface area contributed by atoms with Gasteiger partial charge in [0.25, 0.3) is 5.69 Å². The predicted octanol–water partition coefficient (Wildman–Crippen LogP) is 2.06. The Bertz CT molecular complexity index is 665. The van der Waals surface area contributed by atoms with E-state index in [2.05, 4.69) is 15.5 Å². The number of hydrogen-bond acceptors (Lipinski definition) is 4. The van der Waals surface area contributed by atoms with Crippen molar-refractivity contribution in [1.29, 1.82) is 0 Å². The van der Waals surface area contributed by atoms with Gasteiger partial charge in [0.15, 0.2) is 0 Å². The molecule has 3 N–H and O–H groups in total. The summed E-state index contributed by atoms with van der Waals surface area (Å²) in [6, 6.07) is 6.47. The van der Waals surface area contributed by atoms with Gasteiger partial charge in [-0.05, 0) is 13.0 Å². The topological polar surface area (TPSA) is 121 Å². The van der Waals surface area contributed by atoms with Crippen molar-refractivity contribution in [1.82, 2.24) is 15.5 Å². The Labute approximate surface area is 113 Å². The molecule has 0 fully saturated rings. The first-order valence-electron chi connectivity index (χ1n) is 5.74. The number of nitrogens with zero attached hydrogens (tertiary/aromatic N) is 2. The van der Waals surface area contributed by atoms with Gasteiger partial charge < -0.3 is 10.4 Å². The summed E-state index contributed by atoms with van der Waals surface area (Å²) in [7, 11) is 0. The summed E-state index contributed by atoms with van der Waals surface area (Å²) in [6.45, 7) is 1.75. The lowest BCUT2D eigenvalue weighted by atomic mass is 10.1. The normalized spacial score (nSPS) is 10.2. The lowest BCUT2D eigenvalue weighted by Gasteiger charge is -2.00. The second-order valence-corrected chi connectivity index (χ2v) is 4.20. The number of aromatic nitrogens is 2. The van der Waals surface area contributed by atoms with Gasteiger partial charge in [0.1, 0.15) is 0 Å². The van der Waals surface area contributed by atoms with E-state index in [4.69, 9.17) is 5.11 Å². The summed E-state index contributed by atoms with van der Waals surface area (Å²) in [5.41, 5.74) is 2.29. The van der Waals surface area contributed by atoms with Crippen LogP contribution in [-0.2, 0) is 6.54 Å². The molecule has 1 amide bonds. The SMILES string of the molecule is Cc1ccc(-c2cc(CNC(=O)O)[nH]n2)cc1[N+](=O)[O-]. The van der Waals surface area contributed by atoms with E-state index in [1.165, 1.54) is 6.07 Å². The van der Waals surface area contributed by atoms with Crippen molar-refractivity contribution in [3.8, 4) is 11.3 Å². The largest absolute Gasteiger partial charge is 0.465 e. The minimum Gasteiger partial charge on any atom is -0.465 e. The third-order valence-corrected chi connectivity index (χ3v) is 2.76. The Morgan fingerprint density at radius 1 is 1.50 bits per heavy atom. The van der Waals surface area contributed by atoms with Gasteiger partial charge in [0, 0.05) is 17.2 Å². The number of hydrogen-bond donors (Lipinski definition) is 3. The van der Waals surface area contributed by atoms with Crippen LogP contribution >= 0.6 is 0 Å². The van der Waals surface area contributed by atoms with Crippen LogP contribution in [0.3, 0.4) is 0 Å². The average Bonchev–Trinajstić information content (AvgIpc) is 2.85. The molecule has 0 spiro atoms. The molecule has 0 aliphatic rings. The quantitative estimate of drug-likeness (QED) is 0.583. The number of nitro benzene ring substituents is 1. The molecular formula is C12H12N4O4. The number of rotatable bonds is 4. The van der Waals surface area contributed by atoms with Gasteiger partial charge in [-0.3, -0.25) is 15.2 Å². The Balaban J connectivity index is 2.26. The Morgan fingerprint density at radius 3 is 2.90 bits per heavy atom. The number of aromatic amines is 1. The maximum absolute atomic E-state index is 10.9. The molecule has 2 rings (SSSR count). The zero-order valence-electron chi connectivity index (χ0n) is 10.6. The summed E-state index contributed by atoms with van der Waals surface area (Å²) in [6.07, 6.45) is -1.13. The summed E-state index contributed by atoms with van der Waals surface area (Å²) in [5.74, 6) is 0. The van der Waals surface area contributed by atoms with Crippen LogP contribution in [0.5, 0.6) is 0 Å². The van der Waals surface area contributed by atoms with Crippen LogP contribution in [0, 0.1) is 17.0 Å². The van der Waals surface area contributed by atoms with Gasteiger partial charge in [-0.2, -0.15) is 5.10 Å². The van der Waals surface area contributed by atoms with Crippen molar-refractivity contribution in [2.24, 2.45) is 0 Å². The Hall–Kier alpha value is -2.90. The van der Waals surface area contributed by atoms with Crippen LogP contribution in [0.25, 0.3) is 11.3 Å². The molecule has 1 aromatic carbocycles. The second kappa shape index (κ2) is 5.39. The Morgan fingerprint density at radius 2 is 2.25 bits per heavy atom. The monoisotopic (exact) mass is 276 g/mol. The van der Waals surface area contributed by atoms with Gasteiger partial charge in [-0.25, -0.2) is 4.79 Å². The first kappa shape index (κ1) is 13.5. The molecule has 0 bridgehead atoms. The molecule has 0 unspecified atom stereocenters. The smallest absolute Gasteiger partial charge is 0.404 e. The van der Waals surface area contributed by atoms with E-state index >= 15 is 0 Å². The molecule has 104 valence electrons. The number of nitro groups is 1. The van der Waals surface area contributed by atoms with E-state index in [0.29, 0.717) is 22.5 Å². The van der Waals surface area contributed by atoms with Gasteiger partial charge in [0.2, 0.25) is 0 Å². The van der Waals surface area contributed by atoms with Crippen LogP contribution in [0.2, 0.25) is 0 Å². The summed E-state index contributed by atoms with van der Waals surface area (Å²) >= 11 is 0. The van der Waals surface area contributed by atoms with Crippen molar-refractivity contribution in [3.05, 3.63) is 45.6 Å². The molecule has 1 heterocycles. The zero-order valence-corrected chi connectivity index (χ0v) is 10.6. The van der Waals surface area contributed by atoms with Crippen LogP contribution in [0.15, 0.2) is 24.3 Å². The number of H-pyrrole nitrogens is 1. The van der Waals surface area contributed by atoms with E-state index < -0.39 is 11.0 Å². The summed E-state index contributed by atoms with van der Waals surface area (Å²) in [5, 5.41) is 28.3. The molecule has 0 aliphatic carbocycles. The number of carboxylic acid groups (broad SMARTS) is 1. The molecule has 8 heteroatoms. The van der Waals surface area contributed by atoms with Crippen LogP contribution in [0.4, 0.5) is 10.5 Å². The number of benzene rings is 1. The highest BCUT2D eigenvalue weighted by Gasteiger charge is 2.13. The highest BCUT2D eigenvalue weighted by molar-refractivity contribution is 5.65. The third kappa shape index (κ3) is 2.91. The molecule has 0 saturated carbocycles. The number of amides is 1. The van der Waals surface area contributed by atoms with E-state index in [0.717, 1.165) is 0 Å². The minimum atomic E-state index is -1.13. The molecule has 20 heavy (non-hydrogen) atoms. The van der Waals surface area contributed by atoms with Crippen LogP contribution < -0.4 is 5.32 Å². The van der Waals surface area contributed by atoms with Crippen molar-refractivity contribution in [3.63, 3.8) is 0 Å². The lowest BCUT2D eigenvalue weighted by Crippen LogP contribution is -2.20. The van der Waals surface area contributed by atoms with Crippen molar-refractivity contribution >= 4 is 11.8 Å². The molecule has 0 atom stereocenters. The van der Waals surface area contributed by atoms with Crippen molar-refractivity contribution in [2.75, 3.05) is 0 Å². The number of carbonyl (C=O) groups is 1. The maximum Gasteiger partial charge on any atom is 0.404 e. The highest BCUT2D eigenvalue weighted by Crippen LogP contribution is 2.25. The Kier molecular flexibility index (Phi) is 3.65. The van der Waals surface area contributed by atoms with E-state index in [-0.39, 0.29) is 12.2 Å². The predicted molar refractivity (Wildman–Crippen MR) is 70.3 cm³/mol. The van der Waals surface area contributed by atoms with Gasteiger partial charge in [-0.1, -0.05) is 12.1 Å². The molecular weight excluding hydrogens is 264 g/mol. The second-order valence-electron chi connectivity index (χ2n) is 4.20. The van der Waals surface area contributed by atoms with E-state index in [1.807, 2.05) is 0 Å².